The van der Waals surface area contributed by atoms with Crippen molar-refractivity contribution in [1.29, 1.82) is 0 Å². The van der Waals surface area contributed by atoms with E-state index in [0.29, 0.717) is 23.1 Å². The summed E-state index contributed by atoms with van der Waals surface area (Å²) in [5.41, 5.74) is 1.66. The standard InChI is InChI=1S/C20H25ClFN3O3/c1-4-5-10-25-20(21)16(14(2)24-25)7-9-19(26)23-17-13-15(22)6-8-18(17)28-12-11-27-3/h6-9,13H,4-5,10-12H2,1-3H3,(H,23,26). The number of nitrogens with zero attached hydrogens (tertiary/aromatic N) is 2. The first kappa shape index (κ1) is 21.9. The maximum atomic E-state index is 13.6. The number of aromatic nitrogens is 2. The second-order valence-electron chi connectivity index (χ2n) is 6.17. The maximum absolute atomic E-state index is 13.6. The molecule has 152 valence electrons. The lowest BCUT2D eigenvalue weighted by Gasteiger charge is -2.11. The summed E-state index contributed by atoms with van der Waals surface area (Å²) in [7, 11) is 1.55. The molecule has 0 fully saturated rings. The van der Waals surface area contributed by atoms with Crippen LogP contribution in [0.15, 0.2) is 24.3 Å². The number of anilines is 1. The molecule has 8 heteroatoms. The van der Waals surface area contributed by atoms with E-state index in [-0.39, 0.29) is 12.3 Å². The van der Waals surface area contributed by atoms with Crippen LogP contribution in [0, 0.1) is 12.7 Å². The van der Waals surface area contributed by atoms with Gasteiger partial charge < -0.3 is 14.8 Å². The molecule has 0 atom stereocenters. The molecule has 0 saturated heterocycles. The van der Waals surface area contributed by atoms with Gasteiger partial charge in [-0.05, 0) is 31.6 Å². The third-order valence-corrected chi connectivity index (χ3v) is 4.38. The third kappa shape index (κ3) is 6.07. The van der Waals surface area contributed by atoms with Gasteiger partial charge in [0.2, 0.25) is 5.91 Å². The van der Waals surface area contributed by atoms with Crippen molar-refractivity contribution >= 4 is 29.3 Å². The van der Waals surface area contributed by atoms with E-state index in [4.69, 9.17) is 21.1 Å². The fourth-order valence-corrected chi connectivity index (χ4v) is 2.83. The molecule has 1 heterocycles. The Hall–Kier alpha value is -2.38. The molecule has 2 aromatic rings. The fourth-order valence-electron chi connectivity index (χ4n) is 2.51. The normalized spacial score (nSPS) is 11.2. The van der Waals surface area contributed by atoms with Gasteiger partial charge >= 0.3 is 0 Å². The molecule has 2 rings (SSSR count). The van der Waals surface area contributed by atoms with Gasteiger partial charge in [-0.15, -0.1) is 0 Å². The summed E-state index contributed by atoms with van der Waals surface area (Å²) in [6, 6.07) is 3.93. The van der Waals surface area contributed by atoms with Gasteiger partial charge in [-0.25, -0.2) is 4.39 Å². The quantitative estimate of drug-likeness (QED) is 0.464. The predicted octanol–water partition coefficient (Wildman–Crippen LogP) is 4.46. The van der Waals surface area contributed by atoms with Crippen molar-refractivity contribution in [2.45, 2.75) is 33.2 Å². The Bertz CT molecular complexity index is 836. The van der Waals surface area contributed by atoms with Crippen LogP contribution in [0.5, 0.6) is 5.75 Å². The minimum Gasteiger partial charge on any atom is -0.489 e. The van der Waals surface area contributed by atoms with Crippen molar-refractivity contribution in [1.82, 2.24) is 9.78 Å². The molecule has 0 aliphatic carbocycles. The number of hydrogen-bond donors (Lipinski definition) is 1. The zero-order valence-electron chi connectivity index (χ0n) is 16.3. The van der Waals surface area contributed by atoms with Gasteiger partial charge in [-0.1, -0.05) is 24.9 Å². The van der Waals surface area contributed by atoms with Crippen LogP contribution in [0.4, 0.5) is 10.1 Å². The Morgan fingerprint density at radius 2 is 2.18 bits per heavy atom. The molecule has 1 aromatic heterocycles. The van der Waals surface area contributed by atoms with Crippen LogP contribution < -0.4 is 10.1 Å². The molecule has 6 nitrogen and oxygen atoms in total. The number of nitrogens with one attached hydrogen (secondary N) is 1. The molecule has 1 aromatic carbocycles. The minimum absolute atomic E-state index is 0.243. The highest BCUT2D eigenvalue weighted by molar-refractivity contribution is 6.31. The summed E-state index contributed by atoms with van der Waals surface area (Å²) in [4.78, 5) is 12.3. The zero-order valence-corrected chi connectivity index (χ0v) is 17.1. The van der Waals surface area contributed by atoms with Crippen LogP contribution in [0.1, 0.15) is 31.0 Å². The Balaban J connectivity index is 2.10. The van der Waals surface area contributed by atoms with E-state index in [1.165, 1.54) is 24.3 Å². The van der Waals surface area contributed by atoms with Gasteiger partial charge in [0.1, 0.15) is 23.3 Å². The zero-order chi connectivity index (χ0) is 20.5. The molecular weight excluding hydrogens is 385 g/mol. The molecule has 0 aliphatic heterocycles. The van der Waals surface area contributed by atoms with Crippen molar-refractivity contribution in [3.05, 3.63) is 46.5 Å². The third-order valence-electron chi connectivity index (χ3n) is 3.98. The summed E-state index contributed by atoms with van der Waals surface area (Å²) in [6.45, 7) is 5.31. The molecule has 0 unspecified atom stereocenters. The number of carbonyl (C=O) groups is 1. The Labute approximate surface area is 169 Å². The van der Waals surface area contributed by atoms with E-state index in [2.05, 4.69) is 17.3 Å². The van der Waals surface area contributed by atoms with Crippen LogP contribution in [0.25, 0.3) is 6.08 Å². The average molecular weight is 410 g/mol. The predicted molar refractivity (Wildman–Crippen MR) is 108 cm³/mol. The van der Waals surface area contributed by atoms with Crippen LogP contribution in [0.2, 0.25) is 5.15 Å². The van der Waals surface area contributed by atoms with E-state index >= 15 is 0 Å². The highest BCUT2D eigenvalue weighted by atomic mass is 35.5. The van der Waals surface area contributed by atoms with Gasteiger partial charge in [0.15, 0.2) is 0 Å². The van der Waals surface area contributed by atoms with Gasteiger partial charge in [-0.2, -0.15) is 5.10 Å². The van der Waals surface area contributed by atoms with Crippen molar-refractivity contribution in [3.8, 4) is 5.75 Å². The molecule has 1 N–H and O–H groups in total. The van der Waals surface area contributed by atoms with Crippen LogP contribution >= 0.6 is 11.6 Å². The second-order valence-corrected chi connectivity index (χ2v) is 6.53. The van der Waals surface area contributed by atoms with Gasteiger partial charge in [0.25, 0.3) is 0 Å². The highest BCUT2D eigenvalue weighted by Crippen LogP contribution is 2.26. The number of aryl methyl sites for hydroxylation is 2. The lowest BCUT2D eigenvalue weighted by atomic mass is 10.2. The molecule has 0 spiro atoms. The number of benzene rings is 1. The van der Waals surface area contributed by atoms with E-state index in [9.17, 15) is 9.18 Å². The van der Waals surface area contributed by atoms with Gasteiger partial charge in [0.05, 0.1) is 18.0 Å². The number of halogens is 2. The van der Waals surface area contributed by atoms with E-state index < -0.39 is 11.7 Å². The number of unbranched alkanes of at least 4 members (excludes halogenated alkanes) is 1. The molecule has 0 radical (unpaired) electrons. The largest absolute Gasteiger partial charge is 0.489 e. The first-order valence-corrected chi connectivity index (χ1v) is 9.47. The monoisotopic (exact) mass is 409 g/mol. The summed E-state index contributed by atoms with van der Waals surface area (Å²) < 4.78 is 25.7. The number of methoxy groups -OCH3 is 1. The van der Waals surface area contributed by atoms with Crippen molar-refractivity contribution in [3.63, 3.8) is 0 Å². The number of hydrogen-bond acceptors (Lipinski definition) is 4. The summed E-state index contributed by atoms with van der Waals surface area (Å²) in [5.74, 6) is -0.546. The van der Waals surface area contributed by atoms with Crippen LogP contribution in [0.3, 0.4) is 0 Å². The topological polar surface area (TPSA) is 65.4 Å². The molecule has 0 bridgehead atoms. The molecular formula is C20H25ClFN3O3. The van der Waals surface area contributed by atoms with Gasteiger partial charge in [0, 0.05) is 31.4 Å². The molecule has 1 amide bonds. The SMILES string of the molecule is CCCCn1nc(C)c(C=CC(=O)Nc2cc(F)ccc2OCCOC)c1Cl. The Morgan fingerprint density at radius 1 is 1.39 bits per heavy atom. The number of amides is 1. The first-order valence-electron chi connectivity index (χ1n) is 9.09. The molecule has 0 aliphatic rings. The minimum atomic E-state index is -0.477. The number of rotatable bonds is 10. The van der Waals surface area contributed by atoms with Crippen molar-refractivity contribution < 1.29 is 18.7 Å². The highest BCUT2D eigenvalue weighted by Gasteiger charge is 2.12. The summed E-state index contributed by atoms with van der Waals surface area (Å²) in [6.07, 6.45) is 4.94. The van der Waals surface area contributed by atoms with E-state index in [1.807, 2.05) is 6.92 Å². The summed E-state index contributed by atoms with van der Waals surface area (Å²) in [5, 5.41) is 7.51. The van der Waals surface area contributed by atoms with Gasteiger partial charge in [-0.3, -0.25) is 9.48 Å². The smallest absolute Gasteiger partial charge is 0.248 e. The van der Waals surface area contributed by atoms with Crippen molar-refractivity contribution in [2.75, 3.05) is 25.6 Å². The number of ether oxygens (including phenoxy) is 2. The molecule has 28 heavy (non-hydrogen) atoms. The summed E-state index contributed by atoms with van der Waals surface area (Å²) >= 11 is 6.36. The lowest BCUT2D eigenvalue weighted by Crippen LogP contribution is -2.11. The maximum Gasteiger partial charge on any atom is 0.248 e. The van der Waals surface area contributed by atoms with E-state index in [0.717, 1.165) is 25.1 Å². The van der Waals surface area contributed by atoms with E-state index in [1.54, 1.807) is 17.9 Å². The van der Waals surface area contributed by atoms with Crippen molar-refractivity contribution in [2.24, 2.45) is 0 Å². The number of carbonyl (C=O) groups excluding carboxylic acids is 1. The lowest BCUT2D eigenvalue weighted by molar-refractivity contribution is -0.111. The van der Waals surface area contributed by atoms with Crippen LogP contribution in [-0.4, -0.2) is 36.0 Å². The Morgan fingerprint density at radius 3 is 2.89 bits per heavy atom. The average Bonchev–Trinajstić information content (AvgIpc) is 2.93. The molecule has 0 saturated carbocycles. The van der Waals surface area contributed by atoms with Crippen LogP contribution in [-0.2, 0) is 16.1 Å². The first-order chi connectivity index (χ1) is 13.5. The second kappa shape index (κ2) is 10.8. The fraction of sp³-hybridized carbons (Fsp3) is 0.400. The Kier molecular flexibility index (Phi) is 8.47.